The largest absolute Gasteiger partial charge is 0.364 e. The summed E-state index contributed by atoms with van der Waals surface area (Å²) in [4.78, 5) is 12.4. The predicted molar refractivity (Wildman–Crippen MR) is 44.9 cm³/mol. The Morgan fingerprint density at radius 2 is 2.08 bits per heavy atom. The molecule has 1 heterocycles. The van der Waals surface area contributed by atoms with Gasteiger partial charge in [-0.05, 0) is 12.1 Å². The van der Waals surface area contributed by atoms with Gasteiger partial charge in [0.05, 0.1) is 0 Å². The van der Waals surface area contributed by atoms with Crippen LogP contribution < -0.4 is 10.6 Å². The number of hydrogen-bond acceptors (Lipinski definition) is 4. The summed E-state index contributed by atoms with van der Waals surface area (Å²) in [5.74, 6) is 0.132. The Kier molecular flexibility index (Phi) is 2.23. The lowest BCUT2D eigenvalue weighted by atomic mass is 10.4. The molecule has 5 nitrogen and oxygen atoms in total. The molecule has 0 saturated heterocycles. The summed E-state index contributed by atoms with van der Waals surface area (Å²) in [6, 6.07) is 3.23. The van der Waals surface area contributed by atoms with Gasteiger partial charge in [-0.2, -0.15) is 0 Å². The average Bonchev–Trinajstić information content (AvgIpc) is 2.04. The van der Waals surface area contributed by atoms with E-state index >= 15 is 0 Å². The normalized spacial score (nSPS) is 9.50. The minimum absolute atomic E-state index is 0.181. The summed E-state index contributed by atoms with van der Waals surface area (Å²) >= 11 is 0. The van der Waals surface area contributed by atoms with Gasteiger partial charge in [-0.25, -0.2) is 0 Å². The van der Waals surface area contributed by atoms with Crippen LogP contribution in [0.2, 0.25) is 0 Å². The molecule has 0 aromatic carbocycles. The molecule has 64 valence electrons. The first-order valence-electron chi connectivity index (χ1n) is 3.42. The van der Waals surface area contributed by atoms with Crippen LogP contribution in [-0.2, 0) is 0 Å². The highest BCUT2D eigenvalue weighted by atomic mass is 16.1. The van der Waals surface area contributed by atoms with Crippen LogP contribution in [0.1, 0.15) is 10.5 Å². The molecule has 5 heteroatoms. The molecule has 0 aliphatic heterocycles. The van der Waals surface area contributed by atoms with Crippen LogP contribution in [0, 0.1) is 0 Å². The van der Waals surface area contributed by atoms with Gasteiger partial charge in [-0.3, -0.25) is 4.79 Å². The third kappa shape index (κ3) is 1.69. The molecular weight excluding hydrogens is 156 g/mol. The van der Waals surface area contributed by atoms with Gasteiger partial charge >= 0.3 is 0 Å². The lowest BCUT2D eigenvalue weighted by Gasteiger charge is -2.08. The standard InChI is InChI=1S/C7H10N4O/c1-11(2)6-4-3-5(7(8)12)9-10-6/h3-4H,1-2H3,(H2,8,12). The summed E-state index contributed by atoms with van der Waals surface area (Å²) in [7, 11) is 3.68. The molecule has 0 aliphatic carbocycles. The molecule has 0 spiro atoms. The molecule has 0 fully saturated rings. The number of amides is 1. The molecule has 0 saturated carbocycles. The van der Waals surface area contributed by atoms with E-state index in [1.54, 1.807) is 17.0 Å². The number of primary amides is 1. The first-order chi connectivity index (χ1) is 5.61. The quantitative estimate of drug-likeness (QED) is 0.651. The Hall–Kier alpha value is -1.65. The highest BCUT2D eigenvalue weighted by molar-refractivity contribution is 5.90. The Balaban J connectivity index is 2.93. The molecule has 0 bridgehead atoms. The van der Waals surface area contributed by atoms with Crippen LogP contribution >= 0.6 is 0 Å². The summed E-state index contributed by atoms with van der Waals surface area (Å²) in [6.45, 7) is 0. The topological polar surface area (TPSA) is 72.1 Å². The molecule has 0 radical (unpaired) electrons. The third-order valence-corrected chi connectivity index (χ3v) is 1.36. The zero-order chi connectivity index (χ0) is 9.14. The Morgan fingerprint density at radius 3 is 2.42 bits per heavy atom. The zero-order valence-electron chi connectivity index (χ0n) is 6.98. The maximum Gasteiger partial charge on any atom is 0.269 e. The summed E-state index contributed by atoms with van der Waals surface area (Å²) < 4.78 is 0. The van der Waals surface area contributed by atoms with Crippen molar-refractivity contribution in [1.82, 2.24) is 10.2 Å². The summed E-state index contributed by atoms with van der Waals surface area (Å²) in [6.07, 6.45) is 0. The lowest BCUT2D eigenvalue weighted by molar-refractivity contribution is 0.0994. The highest BCUT2D eigenvalue weighted by Crippen LogP contribution is 2.03. The lowest BCUT2D eigenvalue weighted by Crippen LogP contribution is -2.16. The average molecular weight is 166 g/mol. The smallest absolute Gasteiger partial charge is 0.269 e. The number of carbonyl (C=O) groups excluding carboxylic acids is 1. The van der Waals surface area contributed by atoms with E-state index in [9.17, 15) is 4.79 Å². The van der Waals surface area contributed by atoms with Crippen LogP contribution in [0.5, 0.6) is 0 Å². The molecule has 0 atom stereocenters. The van der Waals surface area contributed by atoms with Crippen molar-refractivity contribution >= 4 is 11.7 Å². The first-order valence-corrected chi connectivity index (χ1v) is 3.42. The number of nitrogens with two attached hydrogens (primary N) is 1. The maximum absolute atomic E-state index is 10.6. The second kappa shape index (κ2) is 3.17. The molecule has 0 aliphatic rings. The molecule has 1 rings (SSSR count). The van der Waals surface area contributed by atoms with E-state index in [1.165, 1.54) is 0 Å². The fourth-order valence-electron chi connectivity index (χ4n) is 0.695. The Labute approximate surface area is 70.2 Å². The molecule has 1 amide bonds. The Bertz CT molecular complexity index is 280. The third-order valence-electron chi connectivity index (χ3n) is 1.36. The van der Waals surface area contributed by atoms with E-state index in [1.807, 2.05) is 14.1 Å². The number of anilines is 1. The fourth-order valence-corrected chi connectivity index (χ4v) is 0.695. The van der Waals surface area contributed by atoms with Crippen LogP contribution in [0.3, 0.4) is 0 Å². The van der Waals surface area contributed by atoms with Gasteiger partial charge in [0.2, 0.25) is 0 Å². The van der Waals surface area contributed by atoms with Crippen molar-refractivity contribution in [3.63, 3.8) is 0 Å². The van der Waals surface area contributed by atoms with Gasteiger partial charge in [-0.1, -0.05) is 0 Å². The second-order valence-corrected chi connectivity index (χ2v) is 2.54. The monoisotopic (exact) mass is 166 g/mol. The first kappa shape index (κ1) is 8.45. The van der Waals surface area contributed by atoms with Crippen molar-refractivity contribution in [2.24, 2.45) is 5.73 Å². The van der Waals surface area contributed by atoms with Crippen molar-refractivity contribution in [2.75, 3.05) is 19.0 Å². The zero-order valence-corrected chi connectivity index (χ0v) is 6.98. The van der Waals surface area contributed by atoms with Crippen LogP contribution in [0.25, 0.3) is 0 Å². The van der Waals surface area contributed by atoms with E-state index in [4.69, 9.17) is 5.73 Å². The fraction of sp³-hybridized carbons (Fsp3) is 0.286. The second-order valence-electron chi connectivity index (χ2n) is 2.54. The van der Waals surface area contributed by atoms with Crippen LogP contribution in [0.15, 0.2) is 12.1 Å². The van der Waals surface area contributed by atoms with Crippen molar-refractivity contribution in [3.8, 4) is 0 Å². The minimum Gasteiger partial charge on any atom is -0.364 e. The molecular formula is C7H10N4O. The summed E-state index contributed by atoms with van der Waals surface area (Å²) in [5, 5.41) is 7.41. The van der Waals surface area contributed by atoms with E-state index in [0.717, 1.165) is 0 Å². The predicted octanol–water partition coefficient (Wildman–Crippen LogP) is -0.359. The molecule has 12 heavy (non-hydrogen) atoms. The summed E-state index contributed by atoms with van der Waals surface area (Å²) in [5.41, 5.74) is 5.17. The van der Waals surface area contributed by atoms with Gasteiger partial charge in [0, 0.05) is 14.1 Å². The van der Waals surface area contributed by atoms with E-state index in [2.05, 4.69) is 10.2 Å². The van der Waals surface area contributed by atoms with E-state index in [-0.39, 0.29) is 5.69 Å². The van der Waals surface area contributed by atoms with Gasteiger partial charge in [0.25, 0.3) is 5.91 Å². The van der Waals surface area contributed by atoms with E-state index in [0.29, 0.717) is 5.82 Å². The molecule has 2 N–H and O–H groups in total. The van der Waals surface area contributed by atoms with E-state index < -0.39 is 5.91 Å². The number of nitrogens with zero attached hydrogens (tertiary/aromatic N) is 3. The number of hydrogen-bond donors (Lipinski definition) is 1. The van der Waals surface area contributed by atoms with Crippen LogP contribution in [-0.4, -0.2) is 30.2 Å². The molecule has 0 unspecified atom stereocenters. The van der Waals surface area contributed by atoms with Crippen molar-refractivity contribution in [1.29, 1.82) is 0 Å². The number of aromatic nitrogens is 2. The number of rotatable bonds is 2. The Morgan fingerprint density at radius 1 is 1.42 bits per heavy atom. The van der Waals surface area contributed by atoms with Crippen LogP contribution in [0.4, 0.5) is 5.82 Å². The van der Waals surface area contributed by atoms with Gasteiger partial charge in [0.1, 0.15) is 0 Å². The number of carbonyl (C=O) groups is 1. The molecule has 1 aromatic heterocycles. The van der Waals surface area contributed by atoms with Crippen molar-refractivity contribution in [2.45, 2.75) is 0 Å². The van der Waals surface area contributed by atoms with Gasteiger partial charge in [0.15, 0.2) is 11.5 Å². The van der Waals surface area contributed by atoms with Gasteiger partial charge in [-0.15, -0.1) is 10.2 Å². The minimum atomic E-state index is -0.562. The highest BCUT2D eigenvalue weighted by Gasteiger charge is 2.02. The molecule has 1 aromatic rings. The van der Waals surface area contributed by atoms with Crippen molar-refractivity contribution < 1.29 is 4.79 Å². The van der Waals surface area contributed by atoms with Gasteiger partial charge < -0.3 is 10.6 Å². The SMILES string of the molecule is CN(C)c1ccc(C(N)=O)nn1. The van der Waals surface area contributed by atoms with Crippen molar-refractivity contribution in [3.05, 3.63) is 17.8 Å². The maximum atomic E-state index is 10.6.